The van der Waals surface area contributed by atoms with E-state index in [1.165, 1.54) is 49.7 Å². The Balaban J connectivity index is -0.000000495. The third-order valence-electron chi connectivity index (χ3n) is 5.43. The van der Waals surface area contributed by atoms with Crippen molar-refractivity contribution >= 4 is 5.71 Å². The number of allylic oxidation sites excluding steroid dienone is 5. The summed E-state index contributed by atoms with van der Waals surface area (Å²) in [4.78, 5) is 4.45. The first kappa shape index (κ1) is 39.1. The molecule has 36 heavy (non-hydrogen) atoms. The fourth-order valence-corrected chi connectivity index (χ4v) is 2.58. The highest BCUT2D eigenvalue weighted by atomic mass is 19.4. The summed E-state index contributed by atoms with van der Waals surface area (Å²) in [5.41, 5.74) is 3.94. The van der Waals surface area contributed by atoms with Gasteiger partial charge < -0.3 is 10.4 Å². The molecule has 1 fully saturated rings. The van der Waals surface area contributed by atoms with Gasteiger partial charge in [0, 0.05) is 24.9 Å². The zero-order valence-corrected chi connectivity index (χ0v) is 25.0. The molecule has 0 aromatic carbocycles. The van der Waals surface area contributed by atoms with Crippen molar-refractivity contribution in [3.8, 4) is 0 Å². The zero-order valence-electron chi connectivity index (χ0n) is 25.0. The predicted molar refractivity (Wildman–Crippen MR) is 154 cm³/mol. The Kier molecular flexibility index (Phi) is 26.0. The maximum absolute atomic E-state index is 10.4. The normalized spacial score (nSPS) is 17.7. The molecule has 1 aliphatic rings. The third-order valence-corrected chi connectivity index (χ3v) is 5.43. The molecule has 3 nitrogen and oxygen atoms in total. The number of nitrogens with one attached hydrogen (secondary N) is 1. The van der Waals surface area contributed by atoms with Crippen LogP contribution in [0, 0.1) is 5.41 Å². The van der Waals surface area contributed by atoms with Crippen LogP contribution in [0.15, 0.2) is 40.6 Å². The Morgan fingerprint density at radius 1 is 0.972 bits per heavy atom. The summed E-state index contributed by atoms with van der Waals surface area (Å²) in [5, 5.41) is 12.0. The molecule has 0 aromatic rings. The van der Waals surface area contributed by atoms with Gasteiger partial charge in [-0.3, -0.25) is 4.99 Å². The number of halogens is 3. The van der Waals surface area contributed by atoms with Crippen molar-refractivity contribution in [3.05, 3.63) is 35.6 Å². The Morgan fingerprint density at radius 3 is 1.94 bits per heavy atom. The van der Waals surface area contributed by atoms with Gasteiger partial charge in [-0.2, -0.15) is 13.2 Å². The highest BCUT2D eigenvalue weighted by Gasteiger charge is 2.15. The van der Waals surface area contributed by atoms with E-state index >= 15 is 0 Å². The molecule has 0 saturated carbocycles. The van der Waals surface area contributed by atoms with Crippen molar-refractivity contribution in [2.24, 2.45) is 10.4 Å². The third kappa shape index (κ3) is 30.6. The van der Waals surface area contributed by atoms with E-state index in [1.54, 1.807) is 0 Å². The van der Waals surface area contributed by atoms with E-state index < -0.39 is 6.18 Å². The molecule has 0 aromatic heterocycles. The molecule has 1 rings (SSSR count). The first-order chi connectivity index (χ1) is 16.7. The maximum atomic E-state index is 10.4. The standard InChI is InChI=1S/C17H29N.C7H15NO.C4H10.C2H3F3/c1-8-10-11-16(15(4)18-12-9-2)13-14(3)17(5,6)7;9-6-7-4-2-1-3-5-8-7;1-3-4-2;1-2(3,4)5/h9,11-13H,8,10H2,1-7H3;7-9H,1-6H2;3-4H2,1-2H3;1H3/b12-9-,14-13+,16-11+,18-15+;;;. The zero-order chi connectivity index (χ0) is 28.6. The fraction of sp³-hybridized carbons (Fsp3) is 0.767. The summed E-state index contributed by atoms with van der Waals surface area (Å²) in [5.74, 6) is 0. The molecular formula is C30H57F3N2O. The highest BCUT2D eigenvalue weighted by Crippen LogP contribution is 2.26. The van der Waals surface area contributed by atoms with E-state index in [1.807, 2.05) is 19.2 Å². The van der Waals surface area contributed by atoms with E-state index in [0.717, 1.165) is 25.1 Å². The van der Waals surface area contributed by atoms with Crippen molar-refractivity contribution in [2.75, 3.05) is 13.2 Å². The topological polar surface area (TPSA) is 44.6 Å². The molecule has 1 aliphatic heterocycles. The summed E-state index contributed by atoms with van der Waals surface area (Å²) < 4.78 is 31.1. The van der Waals surface area contributed by atoms with Crippen molar-refractivity contribution in [1.82, 2.24) is 5.32 Å². The minimum atomic E-state index is -4.00. The fourth-order valence-electron chi connectivity index (χ4n) is 2.58. The predicted octanol–water partition coefficient (Wildman–Crippen LogP) is 9.59. The average molecular weight is 519 g/mol. The van der Waals surface area contributed by atoms with Gasteiger partial charge in [0.2, 0.25) is 0 Å². The number of unbranched alkanes of at least 4 members (excludes halogenated alkanes) is 2. The van der Waals surface area contributed by atoms with E-state index in [2.05, 4.69) is 77.9 Å². The molecule has 1 saturated heterocycles. The van der Waals surface area contributed by atoms with Crippen LogP contribution in [0.4, 0.5) is 13.2 Å². The van der Waals surface area contributed by atoms with Crippen LogP contribution in [-0.4, -0.2) is 36.2 Å². The van der Waals surface area contributed by atoms with Gasteiger partial charge in [-0.15, -0.1) is 0 Å². The van der Waals surface area contributed by atoms with Gasteiger partial charge in [0.15, 0.2) is 0 Å². The minimum Gasteiger partial charge on any atom is -0.395 e. The Hall–Kier alpha value is -1.40. The molecular weight excluding hydrogens is 461 g/mol. The van der Waals surface area contributed by atoms with E-state index in [4.69, 9.17) is 5.11 Å². The van der Waals surface area contributed by atoms with Crippen LogP contribution in [0.25, 0.3) is 0 Å². The van der Waals surface area contributed by atoms with Gasteiger partial charge in [0.25, 0.3) is 0 Å². The molecule has 0 spiro atoms. The van der Waals surface area contributed by atoms with Crippen LogP contribution in [0.3, 0.4) is 0 Å². The van der Waals surface area contributed by atoms with Gasteiger partial charge >= 0.3 is 6.18 Å². The summed E-state index contributed by atoms with van der Waals surface area (Å²) in [6.07, 6.45) is 14.3. The highest BCUT2D eigenvalue weighted by molar-refractivity contribution is 6.01. The first-order valence-corrected chi connectivity index (χ1v) is 13.6. The molecule has 1 atom stereocenters. The molecule has 6 heteroatoms. The smallest absolute Gasteiger partial charge is 0.386 e. The number of hydrogen-bond donors (Lipinski definition) is 2. The molecule has 1 heterocycles. The Labute approximate surface area is 221 Å². The lowest BCUT2D eigenvalue weighted by Gasteiger charge is -2.20. The monoisotopic (exact) mass is 518 g/mol. The Morgan fingerprint density at radius 2 is 1.53 bits per heavy atom. The van der Waals surface area contributed by atoms with Gasteiger partial charge in [-0.05, 0) is 57.6 Å². The van der Waals surface area contributed by atoms with Crippen molar-refractivity contribution < 1.29 is 18.3 Å². The quantitative estimate of drug-likeness (QED) is 0.260. The van der Waals surface area contributed by atoms with Crippen LogP contribution in [0.2, 0.25) is 0 Å². The van der Waals surface area contributed by atoms with Crippen LogP contribution in [0.1, 0.15) is 121 Å². The number of aliphatic imine (C=N–C) groups is 1. The molecule has 1 unspecified atom stereocenters. The lowest BCUT2D eigenvalue weighted by molar-refractivity contribution is -0.110. The maximum Gasteiger partial charge on any atom is 0.386 e. The second kappa shape index (κ2) is 24.0. The average Bonchev–Trinajstić information content (AvgIpc) is 3.08. The second-order valence-electron chi connectivity index (χ2n) is 10.2. The largest absolute Gasteiger partial charge is 0.395 e. The van der Waals surface area contributed by atoms with E-state index in [9.17, 15) is 13.2 Å². The number of hydrogen-bond acceptors (Lipinski definition) is 3. The van der Waals surface area contributed by atoms with E-state index in [-0.39, 0.29) is 12.3 Å². The van der Waals surface area contributed by atoms with Crippen LogP contribution >= 0.6 is 0 Å². The molecule has 214 valence electrons. The lowest BCUT2D eigenvalue weighted by Crippen LogP contribution is -2.31. The number of alkyl halides is 3. The number of rotatable bonds is 7. The second-order valence-corrected chi connectivity index (χ2v) is 10.2. The van der Waals surface area contributed by atoms with Crippen molar-refractivity contribution in [1.29, 1.82) is 0 Å². The summed E-state index contributed by atoms with van der Waals surface area (Å²) in [6.45, 7) is 21.1. The van der Waals surface area contributed by atoms with Gasteiger partial charge in [-0.1, -0.05) is 97.4 Å². The summed E-state index contributed by atoms with van der Waals surface area (Å²) >= 11 is 0. The SMILES string of the molecule is CC(F)(F)F.CCCC.C\C=C/N=C(C)/C(=C/CCC)/C=C(\C)C(C)(C)C.OCC1CCCCCN1. The number of aliphatic hydroxyl groups is 1. The molecule has 0 bridgehead atoms. The molecule has 0 amide bonds. The molecule has 0 radical (unpaired) electrons. The van der Waals surface area contributed by atoms with Crippen molar-refractivity contribution in [2.45, 2.75) is 133 Å². The van der Waals surface area contributed by atoms with Crippen LogP contribution in [0.5, 0.6) is 0 Å². The van der Waals surface area contributed by atoms with Crippen LogP contribution < -0.4 is 5.32 Å². The van der Waals surface area contributed by atoms with Gasteiger partial charge in [0.05, 0.1) is 6.61 Å². The Bertz CT molecular complexity index is 611. The number of aliphatic hydroxyl groups excluding tert-OH is 1. The van der Waals surface area contributed by atoms with E-state index in [0.29, 0.717) is 12.6 Å². The van der Waals surface area contributed by atoms with Crippen LogP contribution in [-0.2, 0) is 0 Å². The molecule has 0 aliphatic carbocycles. The first-order valence-electron chi connectivity index (χ1n) is 13.6. The molecule has 2 N–H and O–H groups in total. The number of nitrogens with zero attached hydrogens (tertiary/aromatic N) is 1. The van der Waals surface area contributed by atoms with Crippen molar-refractivity contribution in [3.63, 3.8) is 0 Å². The van der Waals surface area contributed by atoms with Gasteiger partial charge in [0.1, 0.15) is 0 Å². The summed E-state index contributed by atoms with van der Waals surface area (Å²) in [7, 11) is 0. The van der Waals surface area contributed by atoms with Gasteiger partial charge in [-0.25, -0.2) is 0 Å². The summed E-state index contributed by atoms with van der Waals surface area (Å²) in [6, 6.07) is 0.382. The lowest BCUT2D eigenvalue weighted by atomic mass is 9.86. The minimum absolute atomic E-state index is 0.188.